The number of methoxy groups -OCH3 is 1. The number of aryl methyl sites for hydroxylation is 1. The Morgan fingerprint density at radius 2 is 2.04 bits per heavy atom. The molecule has 1 unspecified atom stereocenters. The zero-order valence-corrected chi connectivity index (χ0v) is 14.9. The van der Waals surface area contributed by atoms with E-state index in [-0.39, 0.29) is 36.9 Å². The number of halogens is 3. The van der Waals surface area contributed by atoms with Crippen LogP contribution in [0.1, 0.15) is 23.1 Å². The average Bonchev–Trinajstić information content (AvgIpc) is 2.78. The number of aromatic nitrogens is 1. The van der Waals surface area contributed by atoms with Gasteiger partial charge in [-0.05, 0) is 18.9 Å². The number of rotatable bonds is 3. The second-order valence-electron chi connectivity index (χ2n) is 6.56. The second-order valence-corrected chi connectivity index (χ2v) is 6.56. The zero-order valence-electron chi connectivity index (χ0n) is 14.9. The predicted octanol–water partition coefficient (Wildman–Crippen LogP) is 2.46. The van der Waals surface area contributed by atoms with E-state index in [9.17, 15) is 22.8 Å². The molecule has 1 aliphatic rings. The Balaban J connectivity index is 2.05. The largest absolute Gasteiger partial charge is 0.464 e. The van der Waals surface area contributed by atoms with E-state index >= 15 is 0 Å². The van der Waals surface area contributed by atoms with Crippen LogP contribution in [0, 0.1) is 12.8 Å². The lowest BCUT2D eigenvalue weighted by molar-refractivity contribution is -0.146. The van der Waals surface area contributed by atoms with Gasteiger partial charge in [0.1, 0.15) is 5.69 Å². The van der Waals surface area contributed by atoms with E-state index < -0.39 is 24.7 Å². The van der Waals surface area contributed by atoms with Crippen molar-refractivity contribution in [2.45, 2.75) is 20.0 Å². The number of ether oxygens (including phenoxy) is 1. The summed E-state index contributed by atoms with van der Waals surface area (Å²) in [5.74, 6) is -0.729. The molecule has 0 spiro atoms. The standard InChI is InChI=1S/C16H23F3N4O3/c1-10-7-22(9-16(17,18)19)4-5-23(8-10)15(25)21-12-6-11(2)20-13(12)14(24)26-3/h6,10,20H,4-5,7-9H2,1-3H3,(H,21,25). The highest BCUT2D eigenvalue weighted by molar-refractivity contribution is 5.99. The fourth-order valence-electron chi connectivity index (χ4n) is 3.05. The van der Waals surface area contributed by atoms with Crippen LogP contribution in [0.3, 0.4) is 0 Å². The highest BCUT2D eigenvalue weighted by Gasteiger charge is 2.33. The first kappa shape index (κ1) is 20.1. The zero-order chi connectivity index (χ0) is 19.5. The summed E-state index contributed by atoms with van der Waals surface area (Å²) >= 11 is 0. The summed E-state index contributed by atoms with van der Waals surface area (Å²) in [5, 5.41) is 2.64. The van der Waals surface area contributed by atoms with Crippen LogP contribution in [0.25, 0.3) is 0 Å². The molecule has 0 aromatic carbocycles. The third-order valence-corrected chi connectivity index (χ3v) is 4.06. The Morgan fingerprint density at radius 1 is 1.35 bits per heavy atom. The Morgan fingerprint density at radius 3 is 2.65 bits per heavy atom. The smallest absolute Gasteiger partial charge is 0.401 e. The van der Waals surface area contributed by atoms with E-state index in [1.165, 1.54) is 16.9 Å². The number of alkyl halides is 3. The van der Waals surface area contributed by atoms with Gasteiger partial charge in [0, 0.05) is 31.9 Å². The number of aromatic amines is 1. The molecule has 1 atom stereocenters. The first-order chi connectivity index (χ1) is 12.1. The second kappa shape index (κ2) is 7.98. The number of nitrogens with one attached hydrogen (secondary N) is 2. The minimum Gasteiger partial charge on any atom is -0.464 e. The van der Waals surface area contributed by atoms with Crippen LogP contribution in [0.2, 0.25) is 0 Å². The van der Waals surface area contributed by atoms with Gasteiger partial charge in [-0.2, -0.15) is 13.2 Å². The Kier molecular flexibility index (Phi) is 6.17. The summed E-state index contributed by atoms with van der Waals surface area (Å²) in [6.07, 6.45) is -4.27. The number of hydrogen-bond acceptors (Lipinski definition) is 4. The van der Waals surface area contributed by atoms with Crippen molar-refractivity contribution >= 4 is 17.7 Å². The van der Waals surface area contributed by atoms with E-state index in [1.54, 1.807) is 19.9 Å². The maximum Gasteiger partial charge on any atom is 0.401 e. The summed E-state index contributed by atoms with van der Waals surface area (Å²) in [5.41, 5.74) is 1.07. The van der Waals surface area contributed by atoms with Gasteiger partial charge in [-0.3, -0.25) is 4.90 Å². The van der Waals surface area contributed by atoms with Crippen LogP contribution in [0.15, 0.2) is 6.07 Å². The molecule has 0 aliphatic carbocycles. The van der Waals surface area contributed by atoms with Crippen molar-refractivity contribution < 1.29 is 27.5 Å². The predicted molar refractivity (Wildman–Crippen MR) is 89.1 cm³/mol. The summed E-state index contributed by atoms with van der Waals surface area (Å²) in [4.78, 5) is 29.9. The van der Waals surface area contributed by atoms with Crippen molar-refractivity contribution in [3.8, 4) is 0 Å². The van der Waals surface area contributed by atoms with Gasteiger partial charge in [0.15, 0.2) is 0 Å². The van der Waals surface area contributed by atoms with Gasteiger partial charge in [-0.15, -0.1) is 0 Å². The molecule has 146 valence electrons. The van der Waals surface area contributed by atoms with Gasteiger partial charge in [-0.1, -0.05) is 6.92 Å². The first-order valence-electron chi connectivity index (χ1n) is 8.22. The Hall–Kier alpha value is -2.23. The highest BCUT2D eigenvalue weighted by atomic mass is 19.4. The Labute approximate surface area is 149 Å². The molecule has 2 N–H and O–H groups in total. The molecule has 0 radical (unpaired) electrons. The minimum atomic E-state index is -4.27. The molecular formula is C16H23F3N4O3. The molecule has 10 heteroatoms. The molecule has 0 saturated carbocycles. The van der Waals surface area contributed by atoms with Gasteiger partial charge < -0.3 is 19.9 Å². The molecule has 1 saturated heterocycles. The van der Waals surface area contributed by atoms with Crippen LogP contribution in [-0.4, -0.2) is 72.8 Å². The number of esters is 1. The van der Waals surface area contributed by atoms with Crippen LogP contribution < -0.4 is 5.32 Å². The average molecular weight is 376 g/mol. The fraction of sp³-hybridized carbons (Fsp3) is 0.625. The van der Waals surface area contributed by atoms with Gasteiger partial charge >= 0.3 is 18.2 Å². The van der Waals surface area contributed by atoms with Crippen molar-refractivity contribution in [1.82, 2.24) is 14.8 Å². The van der Waals surface area contributed by atoms with Crippen molar-refractivity contribution in [3.05, 3.63) is 17.5 Å². The summed E-state index contributed by atoms with van der Waals surface area (Å²) in [6.45, 7) is 3.43. The van der Waals surface area contributed by atoms with Crippen molar-refractivity contribution in [1.29, 1.82) is 0 Å². The number of H-pyrrole nitrogens is 1. The van der Waals surface area contributed by atoms with E-state index in [0.29, 0.717) is 12.2 Å². The van der Waals surface area contributed by atoms with Gasteiger partial charge in [0.25, 0.3) is 0 Å². The number of hydrogen-bond donors (Lipinski definition) is 2. The molecule has 7 nitrogen and oxygen atoms in total. The number of amides is 2. The molecule has 2 amide bonds. The van der Waals surface area contributed by atoms with Crippen molar-refractivity contribution in [2.75, 3.05) is 45.2 Å². The van der Waals surface area contributed by atoms with Gasteiger partial charge in [0.05, 0.1) is 19.3 Å². The lowest BCUT2D eigenvalue weighted by Crippen LogP contribution is -2.40. The minimum absolute atomic E-state index is 0.112. The number of anilines is 1. The van der Waals surface area contributed by atoms with E-state index in [1.807, 2.05) is 0 Å². The lowest BCUT2D eigenvalue weighted by Gasteiger charge is -2.23. The molecule has 1 aromatic rings. The van der Waals surface area contributed by atoms with Gasteiger partial charge in [-0.25, -0.2) is 9.59 Å². The molecule has 0 bridgehead atoms. The van der Waals surface area contributed by atoms with Crippen molar-refractivity contribution in [2.24, 2.45) is 5.92 Å². The molecule has 1 aromatic heterocycles. The lowest BCUT2D eigenvalue weighted by atomic mass is 10.1. The molecular weight excluding hydrogens is 353 g/mol. The number of urea groups is 1. The first-order valence-corrected chi connectivity index (χ1v) is 8.22. The van der Waals surface area contributed by atoms with Crippen molar-refractivity contribution in [3.63, 3.8) is 0 Å². The molecule has 2 rings (SSSR count). The maximum atomic E-state index is 12.6. The maximum absolute atomic E-state index is 12.6. The third kappa shape index (κ3) is 5.38. The molecule has 26 heavy (non-hydrogen) atoms. The van der Waals surface area contributed by atoms with Crippen LogP contribution in [0.5, 0.6) is 0 Å². The highest BCUT2D eigenvalue weighted by Crippen LogP contribution is 2.21. The SMILES string of the molecule is COC(=O)c1[nH]c(C)cc1NC(=O)N1CCN(CC(F)(F)F)CC(C)C1. The summed E-state index contributed by atoms with van der Waals surface area (Å²) in [7, 11) is 1.23. The number of carbonyl (C=O) groups is 2. The van der Waals surface area contributed by atoms with E-state index in [4.69, 9.17) is 0 Å². The topological polar surface area (TPSA) is 77.7 Å². The van der Waals surface area contributed by atoms with Crippen LogP contribution in [0.4, 0.5) is 23.7 Å². The monoisotopic (exact) mass is 376 g/mol. The normalized spacial score (nSPS) is 19.2. The van der Waals surface area contributed by atoms with Crippen LogP contribution in [-0.2, 0) is 4.74 Å². The Bertz CT molecular complexity index is 660. The van der Waals surface area contributed by atoms with E-state index in [0.717, 1.165) is 0 Å². The molecule has 1 aliphatic heterocycles. The van der Waals surface area contributed by atoms with E-state index in [2.05, 4.69) is 15.0 Å². The molecule has 2 heterocycles. The number of nitrogens with zero attached hydrogens (tertiary/aromatic N) is 2. The van der Waals surface area contributed by atoms with Gasteiger partial charge in [0.2, 0.25) is 0 Å². The third-order valence-electron chi connectivity index (χ3n) is 4.06. The fourth-order valence-corrected chi connectivity index (χ4v) is 3.05. The quantitative estimate of drug-likeness (QED) is 0.795. The molecule has 1 fully saturated rings. The van der Waals surface area contributed by atoms with Crippen LogP contribution >= 0.6 is 0 Å². The summed E-state index contributed by atoms with van der Waals surface area (Å²) < 4.78 is 42.5. The number of carbonyl (C=O) groups excluding carboxylic acids is 2. The summed E-state index contributed by atoms with van der Waals surface area (Å²) in [6, 6.07) is 1.14.